The van der Waals surface area contributed by atoms with Crippen LogP contribution in [0, 0.1) is 5.82 Å². The predicted octanol–water partition coefficient (Wildman–Crippen LogP) is 1.99. The lowest BCUT2D eigenvalue weighted by Gasteiger charge is -2.23. The van der Waals surface area contributed by atoms with Crippen molar-refractivity contribution in [3.8, 4) is 0 Å². The fourth-order valence-corrected chi connectivity index (χ4v) is 1.76. The Morgan fingerprint density at radius 2 is 2.20 bits per heavy atom. The minimum Gasteiger partial charge on any atom is -0.389 e. The first-order chi connectivity index (χ1) is 6.96. The van der Waals surface area contributed by atoms with Crippen LogP contribution in [0.25, 0.3) is 0 Å². The number of aliphatic hydroxyl groups is 1. The second-order valence-electron chi connectivity index (χ2n) is 3.90. The molecule has 0 aliphatic carbocycles. The van der Waals surface area contributed by atoms with Crippen molar-refractivity contribution >= 4 is 11.6 Å². The van der Waals surface area contributed by atoms with Crippen LogP contribution in [-0.4, -0.2) is 24.3 Å². The maximum absolute atomic E-state index is 13.4. The van der Waals surface area contributed by atoms with Gasteiger partial charge in [0.25, 0.3) is 0 Å². The standard InChI is InChI=1S/C11H15ClFNO/c1-11(15,7-14-2)6-8-9(12)4-3-5-10(8)13/h3-5,14-15H,6-7H2,1-2H3. The quantitative estimate of drug-likeness (QED) is 0.831. The first-order valence-corrected chi connectivity index (χ1v) is 5.14. The second kappa shape index (κ2) is 4.92. The highest BCUT2D eigenvalue weighted by molar-refractivity contribution is 6.31. The number of hydrogen-bond acceptors (Lipinski definition) is 2. The van der Waals surface area contributed by atoms with Crippen LogP contribution < -0.4 is 5.32 Å². The Labute approximate surface area is 94.1 Å². The summed E-state index contributed by atoms with van der Waals surface area (Å²) in [4.78, 5) is 0. The third kappa shape index (κ3) is 3.45. The number of hydrogen-bond donors (Lipinski definition) is 2. The Morgan fingerprint density at radius 3 is 2.73 bits per heavy atom. The van der Waals surface area contributed by atoms with E-state index in [1.54, 1.807) is 26.1 Å². The molecule has 1 unspecified atom stereocenters. The van der Waals surface area contributed by atoms with Crippen LogP contribution in [0.2, 0.25) is 5.02 Å². The molecule has 0 radical (unpaired) electrons. The summed E-state index contributed by atoms with van der Waals surface area (Å²) in [5.74, 6) is -0.376. The summed E-state index contributed by atoms with van der Waals surface area (Å²) < 4.78 is 13.4. The molecule has 0 aliphatic heterocycles. The minimum absolute atomic E-state index is 0.194. The van der Waals surface area contributed by atoms with Crippen LogP contribution >= 0.6 is 11.6 Å². The summed E-state index contributed by atoms with van der Waals surface area (Å²) in [7, 11) is 1.73. The molecule has 0 bridgehead atoms. The summed E-state index contributed by atoms with van der Waals surface area (Å²) in [5.41, 5.74) is -0.639. The molecular weight excluding hydrogens is 217 g/mol. The molecule has 0 aromatic heterocycles. The van der Waals surface area contributed by atoms with Crippen molar-refractivity contribution < 1.29 is 9.50 Å². The van der Waals surface area contributed by atoms with Gasteiger partial charge >= 0.3 is 0 Å². The maximum Gasteiger partial charge on any atom is 0.127 e. The van der Waals surface area contributed by atoms with Gasteiger partial charge in [0.2, 0.25) is 0 Å². The van der Waals surface area contributed by atoms with Crippen molar-refractivity contribution in [2.45, 2.75) is 18.9 Å². The van der Waals surface area contributed by atoms with Gasteiger partial charge in [-0.2, -0.15) is 0 Å². The van der Waals surface area contributed by atoms with E-state index >= 15 is 0 Å². The molecular formula is C11H15ClFNO. The third-order valence-electron chi connectivity index (χ3n) is 2.18. The van der Waals surface area contributed by atoms with Crippen molar-refractivity contribution in [2.75, 3.05) is 13.6 Å². The van der Waals surface area contributed by atoms with Gasteiger partial charge in [0.1, 0.15) is 5.82 Å². The minimum atomic E-state index is -0.999. The fourth-order valence-electron chi connectivity index (χ4n) is 1.53. The Morgan fingerprint density at radius 1 is 1.53 bits per heavy atom. The summed E-state index contributed by atoms with van der Waals surface area (Å²) in [5, 5.41) is 13.1. The highest BCUT2D eigenvalue weighted by Crippen LogP contribution is 2.23. The molecule has 2 nitrogen and oxygen atoms in total. The summed E-state index contributed by atoms with van der Waals surface area (Å²) in [6.07, 6.45) is 0.194. The number of nitrogens with one attached hydrogen (secondary N) is 1. The largest absolute Gasteiger partial charge is 0.389 e. The van der Waals surface area contributed by atoms with Crippen LogP contribution in [0.15, 0.2) is 18.2 Å². The van der Waals surface area contributed by atoms with E-state index in [2.05, 4.69) is 5.32 Å². The van der Waals surface area contributed by atoms with E-state index in [1.807, 2.05) is 0 Å². The number of halogens is 2. The van der Waals surface area contributed by atoms with Crippen molar-refractivity contribution in [1.29, 1.82) is 0 Å². The molecule has 0 saturated carbocycles. The van der Waals surface area contributed by atoms with Gasteiger partial charge in [-0.25, -0.2) is 4.39 Å². The normalized spacial score (nSPS) is 15.0. The van der Waals surface area contributed by atoms with Crippen LogP contribution in [0.3, 0.4) is 0 Å². The molecule has 0 spiro atoms. The highest BCUT2D eigenvalue weighted by Gasteiger charge is 2.23. The Bertz CT molecular complexity index is 321. The van der Waals surface area contributed by atoms with Crippen molar-refractivity contribution in [2.24, 2.45) is 0 Å². The van der Waals surface area contributed by atoms with Crippen LogP contribution in [-0.2, 0) is 6.42 Å². The van der Waals surface area contributed by atoms with Crippen LogP contribution in [0.1, 0.15) is 12.5 Å². The molecule has 0 heterocycles. The molecule has 0 fully saturated rings. The zero-order valence-corrected chi connectivity index (χ0v) is 9.61. The van der Waals surface area contributed by atoms with Gasteiger partial charge in [-0.1, -0.05) is 17.7 Å². The van der Waals surface area contributed by atoms with E-state index in [1.165, 1.54) is 6.07 Å². The van der Waals surface area contributed by atoms with Gasteiger partial charge in [0, 0.05) is 23.6 Å². The van der Waals surface area contributed by atoms with E-state index in [-0.39, 0.29) is 12.2 Å². The Kier molecular flexibility index (Phi) is 4.08. The van der Waals surface area contributed by atoms with E-state index in [4.69, 9.17) is 11.6 Å². The molecule has 1 atom stereocenters. The molecule has 2 N–H and O–H groups in total. The summed E-state index contributed by atoms with van der Waals surface area (Å²) in [6.45, 7) is 2.03. The molecule has 0 amide bonds. The summed E-state index contributed by atoms with van der Waals surface area (Å²) in [6, 6.07) is 4.51. The summed E-state index contributed by atoms with van der Waals surface area (Å²) >= 11 is 5.86. The lowest BCUT2D eigenvalue weighted by Crippen LogP contribution is -2.38. The number of benzene rings is 1. The molecule has 1 aromatic carbocycles. The van der Waals surface area contributed by atoms with Gasteiger partial charge in [-0.15, -0.1) is 0 Å². The van der Waals surface area contributed by atoms with Crippen molar-refractivity contribution in [3.63, 3.8) is 0 Å². The molecule has 84 valence electrons. The molecule has 1 rings (SSSR count). The molecule has 15 heavy (non-hydrogen) atoms. The zero-order chi connectivity index (χ0) is 11.5. The predicted molar refractivity (Wildman–Crippen MR) is 59.7 cm³/mol. The first-order valence-electron chi connectivity index (χ1n) is 4.76. The van der Waals surface area contributed by atoms with Crippen molar-refractivity contribution in [1.82, 2.24) is 5.32 Å². The van der Waals surface area contributed by atoms with E-state index in [9.17, 15) is 9.50 Å². The van der Waals surface area contributed by atoms with E-state index < -0.39 is 5.60 Å². The van der Waals surface area contributed by atoms with Crippen LogP contribution in [0.5, 0.6) is 0 Å². The average molecular weight is 232 g/mol. The maximum atomic E-state index is 13.4. The lowest BCUT2D eigenvalue weighted by molar-refractivity contribution is 0.0614. The van der Waals surface area contributed by atoms with Gasteiger partial charge in [-0.3, -0.25) is 0 Å². The molecule has 1 aromatic rings. The molecule has 0 aliphatic rings. The SMILES string of the molecule is CNCC(C)(O)Cc1c(F)cccc1Cl. The molecule has 4 heteroatoms. The van der Waals surface area contributed by atoms with Crippen molar-refractivity contribution in [3.05, 3.63) is 34.6 Å². The second-order valence-corrected chi connectivity index (χ2v) is 4.31. The van der Waals surface area contributed by atoms with Gasteiger partial charge in [0.05, 0.1) is 5.60 Å². The zero-order valence-electron chi connectivity index (χ0n) is 8.85. The van der Waals surface area contributed by atoms with Gasteiger partial charge in [-0.05, 0) is 26.1 Å². The number of likely N-dealkylation sites (N-methyl/N-ethyl adjacent to an activating group) is 1. The third-order valence-corrected chi connectivity index (χ3v) is 2.53. The van der Waals surface area contributed by atoms with Gasteiger partial charge in [0.15, 0.2) is 0 Å². The topological polar surface area (TPSA) is 32.3 Å². The lowest BCUT2D eigenvalue weighted by atomic mass is 9.96. The Hall–Kier alpha value is -0.640. The average Bonchev–Trinajstić information content (AvgIpc) is 2.11. The monoisotopic (exact) mass is 231 g/mol. The first kappa shape index (κ1) is 12.4. The number of rotatable bonds is 4. The van der Waals surface area contributed by atoms with Crippen LogP contribution in [0.4, 0.5) is 4.39 Å². The highest BCUT2D eigenvalue weighted by atomic mass is 35.5. The Balaban J connectivity index is 2.89. The molecule has 0 saturated heterocycles. The fraction of sp³-hybridized carbons (Fsp3) is 0.455. The van der Waals surface area contributed by atoms with E-state index in [0.717, 1.165) is 0 Å². The smallest absolute Gasteiger partial charge is 0.127 e. The van der Waals surface area contributed by atoms with E-state index in [0.29, 0.717) is 17.1 Å². The van der Waals surface area contributed by atoms with Gasteiger partial charge < -0.3 is 10.4 Å².